The maximum absolute atomic E-state index is 12.6. The number of ether oxygens (including phenoxy) is 2. The normalized spacial score (nSPS) is 34.0. The van der Waals surface area contributed by atoms with Crippen LogP contribution in [-0.4, -0.2) is 42.9 Å². The van der Waals surface area contributed by atoms with E-state index in [4.69, 9.17) is 9.47 Å². The molecule has 0 spiro atoms. The standard InChI is InChI=1S/C19H29N3O3/c1-12-16(19(2,3)17(12)24-4)22-18(23)21-14-6-5-11-25-15(14)13-7-9-20-10-8-13/h7-10,12,14-17H,5-6,11H2,1-4H3,(H2,21,22,23)/t12-,14-,15+,16+,17+/m0/s1. The van der Waals surface area contributed by atoms with Crippen molar-refractivity contribution in [1.29, 1.82) is 0 Å². The van der Waals surface area contributed by atoms with Gasteiger partial charge in [-0.3, -0.25) is 4.98 Å². The Morgan fingerprint density at radius 3 is 2.68 bits per heavy atom. The Morgan fingerprint density at radius 1 is 1.32 bits per heavy atom. The summed E-state index contributed by atoms with van der Waals surface area (Å²) in [7, 11) is 1.73. The molecule has 2 fully saturated rings. The van der Waals surface area contributed by atoms with E-state index in [1.54, 1.807) is 19.5 Å². The summed E-state index contributed by atoms with van der Waals surface area (Å²) in [4.78, 5) is 16.6. The molecule has 2 amide bonds. The van der Waals surface area contributed by atoms with E-state index in [0.717, 1.165) is 25.0 Å². The second-order valence-electron chi connectivity index (χ2n) is 7.75. The van der Waals surface area contributed by atoms with Crippen LogP contribution in [0.5, 0.6) is 0 Å². The molecule has 0 radical (unpaired) electrons. The van der Waals surface area contributed by atoms with Gasteiger partial charge in [0.25, 0.3) is 0 Å². The number of aromatic nitrogens is 1. The molecule has 138 valence electrons. The summed E-state index contributed by atoms with van der Waals surface area (Å²) in [6, 6.07) is 3.83. The Bertz CT molecular complexity index is 593. The molecule has 1 aliphatic carbocycles. The van der Waals surface area contributed by atoms with Crippen LogP contribution in [0.15, 0.2) is 24.5 Å². The van der Waals surface area contributed by atoms with Gasteiger partial charge in [-0.1, -0.05) is 20.8 Å². The Morgan fingerprint density at radius 2 is 2.04 bits per heavy atom. The lowest BCUT2D eigenvalue weighted by atomic mass is 9.58. The summed E-state index contributed by atoms with van der Waals surface area (Å²) in [5.74, 6) is 0.296. The molecule has 1 aromatic rings. The summed E-state index contributed by atoms with van der Waals surface area (Å²) >= 11 is 0. The van der Waals surface area contributed by atoms with E-state index in [1.165, 1.54) is 0 Å². The number of amides is 2. The van der Waals surface area contributed by atoms with Gasteiger partial charge in [-0.05, 0) is 30.5 Å². The third-order valence-corrected chi connectivity index (χ3v) is 5.75. The van der Waals surface area contributed by atoms with Gasteiger partial charge in [-0.15, -0.1) is 0 Å². The number of carbonyl (C=O) groups excluding carboxylic acids is 1. The van der Waals surface area contributed by atoms with Crippen molar-refractivity contribution < 1.29 is 14.3 Å². The Hall–Kier alpha value is -1.66. The van der Waals surface area contributed by atoms with E-state index in [-0.39, 0.29) is 35.7 Å². The van der Waals surface area contributed by atoms with Crippen LogP contribution in [0, 0.1) is 11.3 Å². The topological polar surface area (TPSA) is 72.5 Å². The van der Waals surface area contributed by atoms with Crippen LogP contribution in [-0.2, 0) is 9.47 Å². The van der Waals surface area contributed by atoms with Crippen LogP contribution >= 0.6 is 0 Å². The third-order valence-electron chi connectivity index (χ3n) is 5.75. The lowest BCUT2D eigenvalue weighted by Gasteiger charge is -2.56. The fourth-order valence-corrected chi connectivity index (χ4v) is 4.59. The largest absolute Gasteiger partial charge is 0.380 e. The second-order valence-corrected chi connectivity index (χ2v) is 7.75. The Labute approximate surface area is 149 Å². The molecule has 2 heterocycles. The zero-order valence-corrected chi connectivity index (χ0v) is 15.5. The fraction of sp³-hybridized carbons (Fsp3) is 0.684. The number of carbonyl (C=O) groups is 1. The molecule has 1 aliphatic heterocycles. The van der Waals surface area contributed by atoms with Crippen LogP contribution in [0.3, 0.4) is 0 Å². The number of hydrogen-bond donors (Lipinski definition) is 2. The first kappa shape index (κ1) is 18.1. The number of pyridine rings is 1. The van der Waals surface area contributed by atoms with Crippen molar-refractivity contribution in [2.75, 3.05) is 13.7 Å². The maximum atomic E-state index is 12.6. The molecule has 25 heavy (non-hydrogen) atoms. The molecule has 6 heteroatoms. The molecular weight excluding hydrogens is 318 g/mol. The summed E-state index contributed by atoms with van der Waals surface area (Å²) < 4.78 is 11.5. The molecule has 0 unspecified atom stereocenters. The van der Waals surface area contributed by atoms with Gasteiger partial charge in [-0.25, -0.2) is 4.79 Å². The molecule has 2 aliphatic rings. The third kappa shape index (κ3) is 3.51. The van der Waals surface area contributed by atoms with Crippen LogP contribution < -0.4 is 10.6 Å². The average Bonchev–Trinajstić information content (AvgIpc) is 2.61. The molecule has 1 aromatic heterocycles. The van der Waals surface area contributed by atoms with Crippen molar-refractivity contribution >= 4 is 6.03 Å². The van der Waals surface area contributed by atoms with Crippen molar-refractivity contribution in [2.24, 2.45) is 11.3 Å². The Balaban J connectivity index is 1.62. The summed E-state index contributed by atoms with van der Waals surface area (Å²) in [6.07, 6.45) is 5.41. The van der Waals surface area contributed by atoms with Crippen LogP contribution in [0.4, 0.5) is 4.79 Å². The van der Waals surface area contributed by atoms with Gasteiger partial charge in [0.1, 0.15) is 6.10 Å². The first-order valence-corrected chi connectivity index (χ1v) is 9.06. The predicted octanol–water partition coefficient (Wildman–Crippen LogP) is 2.66. The number of hydrogen-bond acceptors (Lipinski definition) is 4. The first-order chi connectivity index (χ1) is 11.9. The molecule has 0 bridgehead atoms. The van der Waals surface area contributed by atoms with E-state index in [0.29, 0.717) is 5.92 Å². The predicted molar refractivity (Wildman–Crippen MR) is 95.1 cm³/mol. The lowest BCUT2D eigenvalue weighted by molar-refractivity contribution is -0.141. The van der Waals surface area contributed by atoms with Crippen molar-refractivity contribution in [3.63, 3.8) is 0 Å². The zero-order valence-electron chi connectivity index (χ0n) is 15.5. The maximum Gasteiger partial charge on any atom is 0.315 e. The highest BCUT2D eigenvalue weighted by Gasteiger charge is 2.55. The molecule has 5 atom stereocenters. The van der Waals surface area contributed by atoms with E-state index < -0.39 is 0 Å². The highest BCUT2D eigenvalue weighted by atomic mass is 16.5. The molecule has 2 N–H and O–H groups in total. The number of urea groups is 1. The number of rotatable bonds is 4. The van der Waals surface area contributed by atoms with Gasteiger partial charge in [0.15, 0.2) is 0 Å². The molecule has 1 saturated carbocycles. The minimum absolute atomic E-state index is 0.0344. The van der Waals surface area contributed by atoms with Gasteiger partial charge in [0, 0.05) is 43.5 Å². The highest BCUT2D eigenvalue weighted by molar-refractivity contribution is 5.75. The first-order valence-electron chi connectivity index (χ1n) is 9.06. The van der Waals surface area contributed by atoms with Gasteiger partial charge in [0.2, 0.25) is 0 Å². The smallest absolute Gasteiger partial charge is 0.315 e. The van der Waals surface area contributed by atoms with E-state index in [1.807, 2.05) is 12.1 Å². The quantitative estimate of drug-likeness (QED) is 0.878. The minimum Gasteiger partial charge on any atom is -0.380 e. The zero-order chi connectivity index (χ0) is 18.0. The Kier molecular flexibility index (Phi) is 5.29. The summed E-state index contributed by atoms with van der Waals surface area (Å²) in [5.41, 5.74) is 0.982. The SMILES string of the molecule is CO[C@@H]1[C@@H](C)[C@@H](NC(=O)N[C@H]2CCCO[C@@H]2c2ccncc2)C1(C)C. The number of nitrogens with zero attached hydrogens (tertiary/aromatic N) is 1. The van der Waals surface area contributed by atoms with Crippen LogP contribution in [0.2, 0.25) is 0 Å². The van der Waals surface area contributed by atoms with Crippen molar-refractivity contribution in [2.45, 2.75) is 57.9 Å². The van der Waals surface area contributed by atoms with Crippen LogP contribution in [0.1, 0.15) is 45.3 Å². The van der Waals surface area contributed by atoms with Gasteiger partial charge >= 0.3 is 6.03 Å². The minimum atomic E-state index is -0.131. The van der Waals surface area contributed by atoms with Gasteiger partial charge in [0.05, 0.1) is 12.1 Å². The van der Waals surface area contributed by atoms with Crippen molar-refractivity contribution in [3.8, 4) is 0 Å². The van der Waals surface area contributed by atoms with E-state index >= 15 is 0 Å². The van der Waals surface area contributed by atoms with E-state index in [2.05, 4.69) is 36.4 Å². The molecule has 0 aromatic carbocycles. The number of methoxy groups -OCH3 is 1. The fourth-order valence-electron chi connectivity index (χ4n) is 4.59. The lowest BCUT2D eigenvalue weighted by Crippen LogP contribution is -2.69. The number of nitrogens with one attached hydrogen (secondary N) is 2. The summed E-state index contributed by atoms with van der Waals surface area (Å²) in [6.45, 7) is 7.11. The second kappa shape index (κ2) is 7.30. The molecule has 3 rings (SSSR count). The van der Waals surface area contributed by atoms with Crippen molar-refractivity contribution in [1.82, 2.24) is 15.6 Å². The molecular formula is C19H29N3O3. The molecule has 1 saturated heterocycles. The van der Waals surface area contributed by atoms with Crippen molar-refractivity contribution in [3.05, 3.63) is 30.1 Å². The average molecular weight is 347 g/mol. The monoisotopic (exact) mass is 347 g/mol. The van der Waals surface area contributed by atoms with Gasteiger partial charge < -0.3 is 20.1 Å². The van der Waals surface area contributed by atoms with Gasteiger partial charge in [-0.2, -0.15) is 0 Å². The molecule has 6 nitrogen and oxygen atoms in total. The van der Waals surface area contributed by atoms with Crippen LogP contribution in [0.25, 0.3) is 0 Å². The summed E-state index contributed by atoms with van der Waals surface area (Å²) in [5, 5.41) is 6.26. The van der Waals surface area contributed by atoms with E-state index in [9.17, 15) is 4.79 Å². The highest BCUT2D eigenvalue weighted by Crippen LogP contribution is 2.46.